The highest BCUT2D eigenvalue weighted by atomic mass is 32.2. The summed E-state index contributed by atoms with van der Waals surface area (Å²) < 4.78 is 26.3. The molecule has 1 unspecified atom stereocenters. The topological polar surface area (TPSA) is 95.6 Å². The lowest BCUT2D eigenvalue weighted by molar-refractivity contribution is -0.121. The van der Waals surface area contributed by atoms with Gasteiger partial charge in [-0.2, -0.15) is 0 Å². The molecule has 0 saturated carbocycles. The Morgan fingerprint density at radius 3 is 2.28 bits per heavy atom. The van der Waals surface area contributed by atoms with E-state index in [2.05, 4.69) is 10.0 Å². The van der Waals surface area contributed by atoms with Crippen molar-refractivity contribution in [2.45, 2.75) is 40.0 Å². The maximum Gasteiger partial charge on any atom is 0.253 e. The standard InChI is InChI=1S/C24H31N3O4S/c1-4-12-32(30,31)26-22-9-7-21(8-10-22)25-23(28)19-6-5-11-27(16-19)24(29)20-14-17(2)13-18(3)15-20/h7-10,13-15,19,26H,4-6,11-12,16H2,1-3H3,(H,25,28). The van der Waals surface area contributed by atoms with Crippen LogP contribution in [-0.4, -0.2) is 44.0 Å². The first-order chi connectivity index (χ1) is 15.2. The van der Waals surface area contributed by atoms with Gasteiger partial charge in [0.25, 0.3) is 5.91 Å². The van der Waals surface area contributed by atoms with Crippen LogP contribution in [0.5, 0.6) is 0 Å². The largest absolute Gasteiger partial charge is 0.338 e. The van der Waals surface area contributed by atoms with Crippen LogP contribution in [0.25, 0.3) is 0 Å². The van der Waals surface area contributed by atoms with Gasteiger partial charge in [0, 0.05) is 30.0 Å². The second kappa shape index (κ2) is 10.2. The number of benzene rings is 2. The van der Waals surface area contributed by atoms with Crippen molar-refractivity contribution in [3.05, 3.63) is 59.2 Å². The lowest BCUT2D eigenvalue weighted by atomic mass is 9.96. The SMILES string of the molecule is CCCS(=O)(=O)Nc1ccc(NC(=O)C2CCCN(C(=O)c3cc(C)cc(C)c3)C2)cc1. The number of nitrogens with zero attached hydrogens (tertiary/aromatic N) is 1. The average Bonchev–Trinajstić information content (AvgIpc) is 2.73. The van der Waals surface area contributed by atoms with Crippen LogP contribution in [0, 0.1) is 19.8 Å². The summed E-state index contributed by atoms with van der Waals surface area (Å²) in [7, 11) is -3.36. The van der Waals surface area contributed by atoms with E-state index in [1.165, 1.54) is 0 Å². The zero-order valence-corrected chi connectivity index (χ0v) is 19.7. The van der Waals surface area contributed by atoms with Gasteiger partial charge in [-0.05, 0) is 69.5 Å². The van der Waals surface area contributed by atoms with Crippen LogP contribution in [0.1, 0.15) is 47.7 Å². The molecule has 0 radical (unpaired) electrons. The van der Waals surface area contributed by atoms with E-state index in [1.54, 1.807) is 36.1 Å². The average molecular weight is 458 g/mol. The lowest BCUT2D eigenvalue weighted by Gasteiger charge is -2.32. The highest BCUT2D eigenvalue weighted by Crippen LogP contribution is 2.22. The second-order valence-corrected chi connectivity index (χ2v) is 10.3. The summed E-state index contributed by atoms with van der Waals surface area (Å²) in [4.78, 5) is 27.5. The molecule has 2 N–H and O–H groups in total. The number of anilines is 2. The number of hydrogen-bond acceptors (Lipinski definition) is 4. The number of carbonyl (C=O) groups is 2. The van der Waals surface area contributed by atoms with Gasteiger partial charge in [0.2, 0.25) is 15.9 Å². The Morgan fingerprint density at radius 1 is 1.03 bits per heavy atom. The Kier molecular flexibility index (Phi) is 7.56. The molecule has 1 aliphatic rings. The molecule has 1 atom stereocenters. The molecule has 1 aliphatic heterocycles. The molecule has 1 fully saturated rings. The highest BCUT2D eigenvalue weighted by molar-refractivity contribution is 7.92. The van der Waals surface area contributed by atoms with Crippen molar-refractivity contribution in [1.82, 2.24) is 4.90 Å². The van der Waals surface area contributed by atoms with Gasteiger partial charge in [0.1, 0.15) is 0 Å². The van der Waals surface area contributed by atoms with E-state index in [9.17, 15) is 18.0 Å². The molecule has 0 aliphatic carbocycles. The first kappa shape index (κ1) is 23.8. The number of sulfonamides is 1. The van der Waals surface area contributed by atoms with E-state index in [1.807, 2.05) is 32.0 Å². The Hall–Kier alpha value is -2.87. The Morgan fingerprint density at radius 2 is 1.66 bits per heavy atom. The Labute approximate surface area is 190 Å². The second-order valence-electron chi connectivity index (χ2n) is 8.45. The number of rotatable bonds is 7. The van der Waals surface area contributed by atoms with Crippen LogP contribution in [0.15, 0.2) is 42.5 Å². The Bertz CT molecular complexity index is 1060. The molecular formula is C24H31N3O4S. The molecule has 1 saturated heterocycles. The summed E-state index contributed by atoms with van der Waals surface area (Å²) in [6, 6.07) is 12.4. The quantitative estimate of drug-likeness (QED) is 0.658. The molecule has 3 rings (SSSR count). The van der Waals surface area contributed by atoms with Gasteiger partial charge in [-0.25, -0.2) is 8.42 Å². The fourth-order valence-electron chi connectivity index (χ4n) is 4.02. The molecule has 0 spiro atoms. The molecule has 2 aromatic rings. The molecule has 32 heavy (non-hydrogen) atoms. The van der Waals surface area contributed by atoms with Gasteiger partial charge in [-0.15, -0.1) is 0 Å². The maximum atomic E-state index is 13.0. The van der Waals surface area contributed by atoms with Crippen molar-refractivity contribution in [2.75, 3.05) is 28.9 Å². The third-order valence-corrected chi connectivity index (χ3v) is 6.94. The van der Waals surface area contributed by atoms with Crippen LogP contribution >= 0.6 is 0 Å². The molecule has 7 nitrogen and oxygen atoms in total. The van der Waals surface area contributed by atoms with E-state index in [-0.39, 0.29) is 23.5 Å². The number of aryl methyl sites for hydroxylation is 2. The summed E-state index contributed by atoms with van der Waals surface area (Å²) in [6.45, 7) is 6.76. The summed E-state index contributed by atoms with van der Waals surface area (Å²) in [5.74, 6) is -0.411. The molecule has 0 bridgehead atoms. The predicted molar refractivity (Wildman–Crippen MR) is 127 cm³/mol. The van der Waals surface area contributed by atoms with Crippen LogP contribution in [-0.2, 0) is 14.8 Å². The monoisotopic (exact) mass is 457 g/mol. The first-order valence-electron chi connectivity index (χ1n) is 11.0. The van der Waals surface area contributed by atoms with E-state index < -0.39 is 10.0 Å². The zero-order chi connectivity index (χ0) is 23.3. The number of hydrogen-bond donors (Lipinski definition) is 2. The fourth-order valence-corrected chi connectivity index (χ4v) is 5.16. The summed E-state index contributed by atoms with van der Waals surface area (Å²) in [5, 5.41) is 2.89. The maximum absolute atomic E-state index is 13.0. The predicted octanol–water partition coefficient (Wildman–Crippen LogP) is 3.95. The Balaban J connectivity index is 1.61. The van der Waals surface area contributed by atoms with Crippen LogP contribution < -0.4 is 10.0 Å². The van der Waals surface area contributed by atoms with Gasteiger partial charge in [0.15, 0.2) is 0 Å². The minimum Gasteiger partial charge on any atom is -0.338 e. The molecule has 2 amide bonds. The molecule has 172 valence electrons. The normalized spacial score (nSPS) is 16.5. The van der Waals surface area contributed by atoms with Crippen LogP contribution in [0.3, 0.4) is 0 Å². The third kappa shape index (κ3) is 6.32. The van der Waals surface area contributed by atoms with Gasteiger partial charge in [-0.3, -0.25) is 14.3 Å². The van der Waals surface area contributed by atoms with Gasteiger partial charge in [-0.1, -0.05) is 24.1 Å². The fraction of sp³-hybridized carbons (Fsp3) is 0.417. The molecule has 0 aromatic heterocycles. The molecule has 1 heterocycles. The van der Waals surface area contributed by atoms with Crippen LogP contribution in [0.2, 0.25) is 0 Å². The third-order valence-electron chi connectivity index (χ3n) is 5.45. The minimum absolute atomic E-state index is 0.0435. The number of carbonyl (C=O) groups excluding carboxylic acids is 2. The van der Waals surface area contributed by atoms with E-state index in [0.29, 0.717) is 36.4 Å². The van der Waals surface area contributed by atoms with Gasteiger partial charge < -0.3 is 10.2 Å². The number of amides is 2. The van der Waals surface area contributed by atoms with Crippen molar-refractivity contribution >= 4 is 33.2 Å². The minimum atomic E-state index is -3.36. The summed E-state index contributed by atoms with van der Waals surface area (Å²) in [6.07, 6.45) is 2.03. The molecule has 8 heteroatoms. The lowest BCUT2D eigenvalue weighted by Crippen LogP contribution is -2.43. The number of piperidine rings is 1. The molecular weight excluding hydrogens is 426 g/mol. The van der Waals surface area contributed by atoms with Crippen molar-refractivity contribution in [3.63, 3.8) is 0 Å². The van der Waals surface area contributed by atoms with E-state index in [4.69, 9.17) is 0 Å². The van der Waals surface area contributed by atoms with Crippen molar-refractivity contribution < 1.29 is 18.0 Å². The number of likely N-dealkylation sites (tertiary alicyclic amines) is 1. The van der Waals surface area contributed by atoms with Crippen molar-refractivity contribution in [1.29, 1.82) is 0 Å². The van der Waals surface area contributed by atoms with Crippen LogP contribution in [0.4, 0.5) is 11.4 Å². The smallest absolute Gasteiger partial charge is 0.253 e. The molecule has 2 aromatic carbocycles. The van der Waals surface area contributed by atoms with E-state index >= 15 is 0 Å². The van der Waals surface area contributed by atoms with Crippen molar-refractivity contribution in [3.8, 4) is 0 Å². The van der Waals surface area contributed by atoms with Gasteiger partial charge in [0.05, 0.1) is 11.7 Å². The summed E-state index contributed by atoms with van der Waals surface area (Å²) in [5.41, 5.74) is 3.79. The first-order valence-corrected chi connectivity index (χ1v) is 12.6. The van der Waals surface area contributed by atoms with E-state index in [0.717, 1.165) is 24.0 Å². The van der Waals surface area contributed by atoms with Crippen molar-refractivity contribution in [2.24, 2.45) is 5.92 Å². The van der Waals surface area contributed by atoms with Gasteiger partial charge >= 0.3 is 0 Å². The zero-order valence-electron chi connectivity index (χ0n) is 18.8. The highest BCUT2D eigenvalue weighted by Gasteiger charge is 2.29. The summed E-state index contributed by atoms with van der Waals surface area (Å²) >= 11 is 0. The number of nitrogens with one attached hydrogen (secondary N) is 2.